The first-order valence-electron chi connectivity index (χ1n) is 9.65. The third-order valence-electron chi connectivity index (χ3n) is 5.30. The van der Waals surface area contributed by atoms with Crippen molar-refractivity contribution >= 4 is 11.0 Å². The summed E-state index contributed by atoms with van der Waals surface area (Å²) in [5.41, 5.74) is 5.94. The maximum atomic E-state index is 5.40. The largest absolute Gasteiger partial charge is 0.356 e. The zero-order valence-electron chi connectivity index (χ0n) is 16.4. The minimum atomic E-state index is 0.245. The highest BCUT2D eigenvalue weighted by molar-refractivity contribution is 5.87. The van der Waals surface area contributed by atoms with E-state index in [4.69, 9.17) is 9.51 Å². The minimum Gasteiger partial charge on any atom is -0.356 e. The summed E-state index contributed by atoms with van der Waals surface area (Å²) in [4.78, 5) is 8.96. The monoisotopic (exact) mass is 383 g/mol. The van der Waals surface area contributed by atoms with Gasteiger partial charge in [-0.15, -0.1) is 0 Å². The molecule has 0 fully saturated rings. The van der Waals surface area contributed by atoms with E-state index < -0.39 is 0 Å². The topological polar surface area (TPSA) is 61.7 Å². The molecule has 6 nitrogen and oxygen atoms in total. The van der Waals surface area contributed by atoms with Crippen molar-refractivity contribution in [2.45, 2.75) is 26.4 Å². The SMILES string of the molecule is Cc1noc2ccc(-c3c(-c4ccccc4)ncn3C[C@H](C)n3ccnc3)cc12. The van der Waals surface area contributed by atoms with Gasteiger partial charge in [-0.25, -0.2) is 9.97 Å². The summed E-state index contributed by atoms with van der Waals surface area (Å²) in [5.74, 6) is 0. The Kier molecular flexibility index (Phi) is 4.24. The standard InChI is InChI=1S/C23H21N5O/c1-16(27-11-10-24-14-27)13-28-15-25-22(18-6-4-3-5-7-18)23(28)19-8-9-21-20(12-19)17(2)26-29-21/h3-12,14-16H,13H2,1-2H3/t16-/m0/s1. The molecule has 144 valence electrons. The number of nitrogens with zero attached hydrogens (tertiary/aromatic N) is 5. The third-order valence-corrected chi connectivity index (χ3v) is 5.30. The van der Waals surface area contributed by atoms with E-state index in [9.17, 15) is 0 Å². The summed E-state index contributed by atoms with van der Waals surface area (Å²) in [6.07, 6.45) is 7.58. The fraction of sp³-hybridized carbons (Fsp3) is 0.174. The predicted molar refractivity (Wildman–Crippen MR) is 112 cm³/mol. The predicted octanol–water partition coefficient (Wildman–Crippen LogP) is 5.12. The van der Waals surface area contributed by atoms with Gasteiger partial charge < -0.3 is 13.7 Å². The zero-order valence-corrected chi connectivity index (χ0v) is 16.4. The van der Waals surface area contributed by atoms with Crippen LogP contribution in [0.25, 0.3) is 33.5 Å². The van der Waals surface area contributed by atoms with Gasteiger partial charge >= 0.3 is 0 Å². The second-order valence-electron chi connectivity index (χ2n) is 7.30. The lowest BCUT2D eigenvalue weighted by Gasteiger charge is -2.17. The molecule has 6 heteroatoms. The van der Waals surface area contributed by atoms with Crippen molar-refractivity contribution in [2.75, 3.05) is 0 Å². The van der Waals surface area contributed by atoms with Gasteiger partial charge in [-0.1, -0.05) is 35.5 Å². The van der Waals surface area contributed by atoms with Gasteiger partial charge in [0.15, 0.2) is 5.58 Å². The lowest BCUT2D eigenvalue weighted by atomic mass is 10.0. The molecule has 0 unspecified atom stereocenters. The summed E-state index contributed by atoms with van der Waals surface area (Å²) in [5, 5.41) is 5.12. The van der Waals surface area contributed by atoms with Crippen molar-refractivity contribution < 1.29 is 4.52 Å². The molecule has 0 aliphatic heterocycles. The molecule has 0 N–H and O–H groups in total. The number of hydrogen-bond donors (Lipinski definition) is 0. The lowest BCUT2D eigenvalue weighted by molar-refractivity contribution is 0.450. The van der Waals surface area contributed by atoms with E-state index in [1.54, 1.807) is 0 Å². The van der Waals surface area contributed by atoms with Crippen molar-refractivity contribution in [2.24, 2.45) is 0 Å². The van der Waals surface area contributed by atoms with Crippen LogP contribution in [0.2, 0.25) is 0 Å². The zero-order chi connectivity index (χ0) is 19.8. The molecule has 0 saturated carbocycles. The van der Waals surface area contributed by atoms with E-state index in [2.05, 4.69) is 50.5 Å². The highest BCUT2D eigenvalue weighted by Crippen LogP contribution is 2.34. The summed E-state index contributed by atoms with van der Waals surface area (Å²) >= 11 is 0. The number of imidazole rings is 2. The second-order valence-corrected chi connectivity index (χ2v) is 7.30. The molecule has 3 heterocycles. The Bertz CT molecular complexity index is 1250. The van der Waals surface area contributed by atoms with Gasteiger partial charge in [0, 0.05) is 41.5 Å². The number of hydrogen-bond acceptors (Lipinski definition) is 4. The number of benzene rings is 2. The second kappa shape index (κ2) is 7.05. The van der Waals surface area contributed by atoms with Crippen molar-refractivity contribution in [1.82, 2.24) is 24.3 Å². The quantitative estimate of drug-likeness (QED) is 0.422. The molecule has 0 bridgehead atoms. The lowest BCUT2D eigenvalue weighted by Crippen LogP contribution is -2.12. The minimum absolute atomic E-state index is 0.245. The average molecular weight is 383 g/mol. The molecule has 0 amide bonds. The van der Waals surface area contributed by atoms with E-state index in [-0.39, 0.29) is 6.04 Å². The first-order valence-corrected chi connectivity index (χ1v) is 9.65. The van der Waals surface area contributed by atoms with Gasteiger partial charge in [0.1, 0.15) is 0 Å². The summed E-state index contributed by atoms with van der Waals surface area (Å²) in [6, 6.07) is 16.7. The third kappa shape index (κ3) is 3.12. The Labute approximate surface area is 168 Å². The van der Waals surface area contributed by atoms with Crippen LogP contribution >= 0.6 is 0 Å². The molecule has 5 rings (SSSR count). The smallest absolute Gasteiger partial charge is 0.167 e. The van der Waals surface area contributed by atoms with Crippen LogP contribution in [0.15, 0.2) is 78.1 Å². The molecule has 2 aromatic carbocycles. The first kappa shape index (κ1) is 17.4. The molecule has 0 spiro atoms. The Morgan fingerprint density at radius 2 is 1.90 bits per heavy atom. The first-order chi connectivity index (χ1) is 14.2. The highest BCUT2D eigenvalue weighted by Gasteiger charge is 2.18. The Morgan fingerprint density at radius 1 is 1.03 bits per heavy atom. The number of fused-ring (bicyclic) bond motifs is 1. The number of aryl methyl sites for hydroxylation is 1. The fourth-order valence-electron chi connectivity index (χ4n) is 3.75. The Hall–Kier alpha value is -3.67. The van der Waals surface area contributed by atoms with Gasteiger partial charge in [0.25, 0.3) is 0 Å². The van der Waals surface area contributed by atoms with Gasteiger partial charge in [-0.2, -0.15) is 0 Å². The van der Waals surface area contributed by atoms with Crippen LogP contribution in [0, 0.1) is 6.92 Å². The van der Waals surface area contributed by atoms with E-state index in [1.807, 2.05) is 56.2 Å². The molecule has 0 aliphatic carbocycles. The van der Waals surface area contributed by atoms with Crippen LogP contribution in [0.5, 0.6) is 0 Å². The maximum absolute atomic E-state index is 5.40. The molecule has 0 aliphatic rings. The van der Waals surface area contributed by atoms with Gasteiger partial charge in [-0.3, -0.25) is 0 Å². The van der Waals surface area contributed by atoms with Crippen LogP contribution in [0.4, 0.5) is 0 Å². The van der Waals surface area contributed by atoms with Crippen LogP contribution < -0.4 is 0 Å². The highest BCUT2D eigenvalue weighted by atomic mass is 16.5. The molecule has 1 atom stereocenters. The van der Waals surface area contributed by atoms with Gasteiger partial charge in [0.2, 0.25) is 0 Å². The Balaban J connectivity index is 1.65. The molecular formula is C23H21N5O. The summed E-state index contributed by atoms with van der Waals surface area (Å²) in [6.45, 7) is 4.93. The van der Waals surface area contributed by atoms with Crippen molar-refractivity contribution in [1.29, 1.82) is 0 Å². The average Bonchev–Trinajstić information content (AvgIpc) is 3.49. The Morgan fingerprint density at radius 3 is 2.69 bits per heavy atom. The van der Waals surface area contributed by atoms with E-state index in [0.717, 1.165) is 45.7 Å². The van der Waals surface area contributed by atoms with Crippen molar-refractivity contribution in [3.63, 3.8) is 0 Å². The van der Waals surface area contributed by atoms with Crippen LogP contribution in [-0.4, -0.2) is 24.3 Å². The molecule has 5 aromatic rings. The number of rotatable bonds is 5. The van der Waals surface area contributed by atoms with Gasteiger partial charge in [0.05, 0.1) is 29.7 Å². The summed E-state index contributed by atoms with van der Waals surface area (Å²) < 4.78 is 9.73. The van der Waals surface area contributed by atoms with Crippen molar-refractivity contribution in [3.8, 4) is 22.5 Å². The van der Waals surface area contributed by atoms with E-state index >= 15 is 0 Å². The normalized spacial score (nSPS) is 12.5. The summed E-state index contributed by atoms with van der Waals surface area (Å²) in [7, 11) is 0. The van der Waals surface area contributed by atoms with E-state index in [0.29, 0.717) is 0 Å². The molecule has 0 saturated heterocycles. The van der Waals surface area contributed by atoms with Crippen LogP contribution in [-0.2, 0) is 6.54 Å². The molecule has 29 heavy (non-hydrogen) atoms. The van der Waals surface area contributed by atoms with Gasteiger partial charge in [-0.05, 0) is 32.0 Å². The van der Waals surface area contributed by atoms with Crippen LogP contribution in [0.3, 0.4) is 0 Å². The number of aromatic nitrogens is 5. The maximum Gasteiger partial charge on any atom is 0.167 e. The molecular weight excluding hydrogens is 362 g/mol. The van der Waals surface area contributed by atoms with Crippen molar-refractivity contribution in [3.05, 3.63) is 79.3 Å². The molecule has 3 aromatic heterocycles. The molecule has 0 radical (unpaired) electrons. The fourth-order valence-corrected chi connectivity index (χ4v) is 3.75. The van der Waals surface area contributed by atoms with Crippen LogP contribution in [0.1, 0.15) is 18.7 Å². The van der Waals surface area contributed by atoms with E-state index in [1.165, 1.54) is 0 Å².